The van der Waals surface area contributed by atoms with Crippen LogP contribution in [-0.2, 0) is 19.6 Å². The van der Waals surface area contributed by atoms with Crippen molar-refractivity contribution >= 4 is 17.2 Å². The fraction of sp³-hybridized carbons (Fsp3) is 0.385. The minimum Gasteiger partial charge on any atom is -0.454 e. The molecule has 0 N–H and O–H groups in total. The Labute approximate surface area is 198 Å². The first-order chi connectivity index (χ1) is 16.1. The molecule has 5 rings (SSSR count). The number of hydrogen-bond acceptors (Lipinski definition) is 6. The second-order valence-electron chi connectivity index (χ2n) is 8.80. The molecule has 0 saturated carbocycles. The Morgan fingerprint density at radius 1 is 0.970 bits per heavy atom. The van der Waals surface area contributed by atoms with Crippen LogP contribution < -0.4 is 9.47 Å². The number of hydrogen-bond donors (Lipinski definition) is 0. The molecule has 1 aromatic heterocycles. The summed E-state index contributed by atoms with van der Waals surface area (Å²) >= 11 is 1.57. The predicted molar refractivity (Wildman–Crippen MR) is 129 cm³/mol. The molecule has 1 saturated heterocycles. The van der Waals surface area contributed by atoms with E-state index in [2.05, 4.69) is 48.2 Å². The number of aryl methyl sites for hydroxylation is 1. The van der Waals surface area contributed by atoms with Crippen molar-refractivity contribution in [3.05, 3.63) is 75.2 Å². The number of thiazole rings is 1. The van der Waals surface area contributed by atoms with E-state index in [1.54, 1.807) is 11.3 Å². The maximum Gasteiger partial charge on any atom is 0.273 e. The first-order valence-corrected chi connectivity index (χ1v) is 12.4. The van der Waals surface area contributed by atoms with Crippen molar-refractivity contribution in [1.82, 2.24) is 14.8 Å². The number of amides is 1. The standard InChI is InChI=1S/C26H29N3O3S/c1-19-5-7-20(8-6-19)14-28(15-21-9-10-23-24(13-21)32-18-31-23)16-25-27-22(17-33-25)26(30)29-11-3-2-4-12-29/h5-10,13,17H,2-4,11-12,14-16,18H2,1H3. The van der Waals surface area contributed by atoms with Gasteiger partial charge >= 0.3 is 0 Å². The lowest BCUT2D eigenvalue weighted by Crippen LogP contribution is -2.35. The van der Waals surface area contributed by atoms with Gasteiger partial charge in [0.2, 0.25) is 6.79 Å². The molecule has 0 atom stereocenters. The van der Waals surface area contributed by atoms with Gasteiger partial charge in [0.25, 0.3) is 5.91 Å². The van der Waals surface area contributed by atoms with E-state index in [9.17, 15) is 4.79 Å². The van der Waals surface area contributed by atoms with Crippen LogP contribution in [0.25, 0.3) is 0 Å². The number of piperidine rings is 1. The quantitative estimate of drug-likeness (QED) is 0.493. The molecule has 0 radical (unpaired) electrons. The molecule has 33 heavy (non-hydrogen) atoms. The summed E-state index contributed by atoms with van der Waals surface area (Å²) in [6.45, 7) is 6.29. The van der Waals surface area contributed by atoms with Gasteiger partial charge in [-0.3, -0.25) is 9.69 Å². The lowest BCUT2D eigenvalue weighted by Gasteiger charge is -2.25. The predicted octanol–water partition coefficient (Wildman–Crippen LogP) is 5.01. The Morgan fingerprint density at radius 2 is 1.70 bits per heavy atom. The molecule has 2 aliphatic heterocycles. The van der Waals surface area contributed by atoms with Crippen molar-refractivity contribution in [2.24, 2.45) is 0 Å². The number of carbonyl (C=O) groups is 1. The van der Waals surface area contributed by atoms with Gasteiger partial charge in [0.15, 0.2) is 11.5 Å². The van der Waals surface area contributed by atoms with Crippen LogP contribution in [0.15, 0.2) is 47.8 Å². The molecule has 2 aliphatic rings. The molecule has 2 aromatic carbocycles. The molecule has 1 fully saturated rings. The molecule has 172 valence electrons. The minimum atomic E-state index is 0.0676. The van der Waals surface area contributed by atoms with E-state index in [4.69, 9.17) is 14.5 Å². The molecule has 0 aliphatic carbocycles. The largest absolute Gasteiger partial charge is 0.454 e. The van der Waals surface area contributed by atoms with E-state index < -0.39 is 0 Å². The van der Waals surface area contributed by atoms with Crippen LogP contribution in [0.3, 0.4) is 0 Å². The van der Waals surface area contributed by atoms with Gasteiger partial charge < -0.3 is 14.4 Å². The molecule has 3 heterocycles. The van der Waals surface area contributed by atoms with Crippen molar-refractivity contribution < 1.29 is 14.3 Å². The zero-order chi connectivity index (χ0) is 22.6. The average Bonchev–Trinajstić information content (AvgIpc) is 3.50. The normalized spacial score (nSPS) is 15.3. The first-order valence-electron chi connectivity index (χ1n) is 11.5. The summed E-state index contributed by atoms with van der Waals surface area (Å²) in [4.78, 5) is 21.9. The Morgan fingerprint density at radius 3 is 2.52 bits per heavy atom. The molecule has 0 unspecified atom stereocenters. The summed E-state index contributed by atoms with van der Waals surface area (Å²) in [5.41, 5.74) is 4.24. The van der Waals surface area contributed by atoms with Crippen molar-refractivity contribution in [2.45, 2.75) is 45.8 Å². The van der Waals surface area contributed by atoms with E-state index in [0.29, 0.717) is 12.2 Å². The number of nitrogens with zero attached hydrogens (tertiary/aromatic N) is 3. The van der Waals surface area contributed by atoms with Crippen LogP contribution in [-0.4, -0.2) is 40.6 Å². The van der Waals surface area contributed by atoms with Crippen LogP contribution in [0.2, 0.25) is 0 Å². The van der Waals surface area contributed by atoms with Gasteiger partial charge in [-0.05, 0) is 49.4 Å². The van der Waals surface area contributed by atoms with Gasteiger partial charge in [0.05, 0.1) is 6.54 Å². The van der Waals surface area contributed by atoms with E-state index in [1.165, 1.54) is 17.5 Å². The number of carbonyl (C=O) groups excluding carboxylic acids is 1. The number of likely N-dealkylation sites (tertiary alicyclic amines) is 1. The lowest BCUT2D eigenvalue weighted by molar-refractivity contribution is 0.0718. The van der Waals surface area contributed by atoms with Gasteiger partial charge in [-0.15, -0.1) is 11.3 Å². The van der Waals surface area contributed by atoms with Crippen molar-refractivity contribution in [1.29, 1.82) is 0 Å². The van der Waals surface area contributed by atoms with Crippen LogP contribution in [0.1, 0.15) is 51.4 Å². The molecule has 7 heteroatoms. The van der Waals surface area contributed by atoms with Crippen LogP contribution in [0.5, 0.6) is 11.5 Å². The van der Waals surface area contributed by atoms with Gasteiger partial charge in [0.1, 0.15) is 10.7 Å². The number of benzene rings is 2. The summed E-state index contributed by atoms with van der Waals surface area (Å²) in [7, 11) is 0. The Bertz CT molecular complexity index is 1110. The smallest absolute Gasteiger partial charge is 0.273 e. The maximum absolute atomic E-state index is 12.9. The first kappa shape index (κ1) is 21.9. The monoisotopic (exact) mass is 463 g/mol. The molecular weight excluding hydrogens is 434 g/mol. The molecule has 3 aromatic rings. The SMILES string of the molecule is Cc1ccc(CN(Cc2ccc3c(c2)OCO3)Cc2nc(C(=O)N3CCCCC3)cs2)cc1. The molecule has 0 spiro atoms. The third-order valence-corrected chi connectivity index (χ3v) is 6.98. The Balaban J connectivity index is 1.32. The maximum atomic E-state index is 12.9. The molecular formula is C26H29N3O3S. The highest BCUT2D eigenvalue weighted by molar-refractivity contribution is 7.09. The van der Waals surface area contributed by atoms with Gasteiger partial charge in [-0.1, -0.05) is 35.9 Å². The highest BCUT2D eigenvalue weighted by Crippen LogP contribution is 2.33. The summed E-state index contributed by atoms with van der Waals surface area (Å²) in [6, 6.07) is 14.8. The third kappa shape index (κ3) is 5.37. The van der Waals surface area contributed by atoms with E-state index in [0.717, 1.165) is 61.1 Å². The van der Waals surface area contributed by atoms with E-state index in [-0.39, 0.29) is 12.7 Å². The van der Waals surface area contributed by atoms with Gasteiger partial charge in [-0.25, -0.2) is 4.98 Å². The van der Waals surface area contributed by atoms with E-state index >= 15 is 0 Å². The fourth-order valence-corrected chi connectivity index (χ4v) is 5.16. The third-order valence-electron chi connectivity index (χ3n) is 6.14. The van der Waals surface area contributed by atoms with Crippen molar-refractivity contribution in [3.8, 4) is 11.5 Å². The second kappa shape index (κ2) is 9.93. The highest BCUT2D eigenvalue weighted by atomic mass is 32.1. The molecule has 1 amide bonds. The summed E-state index contributed by atoms with van der Waals surface area (Å²) in [5.74, 6) is 1.66. The van der Waals surface area contributed by atoms with Crippen LogP contribution in [0.4, 0.5) is 0 Å². The minimum absolute atomic E-state index is 0.0676. The van der Waals surface area contributed by atoms with Crippen molar-refractivity contribution in [2.75, 3.05) is 19.9 Å². The summed E-state index contributed by atoms with van der Waals surface area (Å²) in [6.07, 6.45) is 3.38. The van der Waals surface area contributed by atoms with Crippen molar-refractivity contribution in [3.63, 3.8) is 0 Å². The number of rotatable bonds is 7. The second-order valence-corrected chi connectivity index (χ2v) is 9.74. The number of fused-ring (bicyclic) bond motifs is 1. The number of aromatic nitrogens is 1. The number of ether oxygens (including phenoxy) is 2. The zero-order valence-corrected chi connectivity index (χ0v) is 19.8. The fourth-order valence-electron chi connectivity index (χ4n) is 4.35. The van der Waals surface area contributed by atoms with Gasteiger partial charge in [-0.2, -0.15) is 0 Å². The Kier molecular flexibility index (Phi) is 6.60. The topological polar surface area (TPSA) is 54.9 Å². The summed E-state index contributed by atoms with van der Waals surface area (Å²) < 4.78 is 11.0. The van der Waals surface area contributed by atoms with Crippen LogP contribution in [0, 0.1) is 6.92 Å². The lowest BCUT2D eigenvalue weighted by atomic mass is 10.1. The van der Waals surface area contributed by atoms with Gasteiger partial charge in [0, 0.05) is 31.6 Å². The molecule has 6 nitrogen and oxygen atoms in total. The van der Waals surface area contributed by atoms with E-state index in [1.807, 2.05) is 16.3 Å². The average molecular weight is 464 g/mol. The zero-order valence-electron chi connectivity index (χ0n) is 19.0. The molecule has 0 bridgehead atoms. The van der Waals surface area contributed by atoms with Crippen LogP contribution >= 0.6 is 11.3 Å². The summed E-state index contributed by atoms with van der Waals surface area (Å²) in [5, 5.41) is 2.87. The Hall–Kier alpha value is -2.90. The highest BCUT2D eigenvalue weighted by Gasteiger charge is 2.21.